The highest BCUT2D eigenvalue weighted by Crippen LogP contribution is 2.19. The van der Waals surface area contributed by atoms with Gasteiger partial charge >= 0.3 is 5.97 Å². The fourth-order valence-corrected chi connectivity index (χ4v) is 2.15. The van der Waals surface area contributed by atoms with Crippen molar-refractivity contribution >= 4 is 17.6 Å². The Bertz CT molecular complexity index is 377. The summed E-state index contributed by atoms with van der Waals surface area (Å²) in [5.74, 6) is -0.883. The van der Waals surface area contributed by atoms with E-state index >= 15 is 0 Å². The largest absolute Gasteiger partial charge is 0.481 e. The fourth-order valence-electron chi connectivity index (χ4n) is 2.03. The Morgan fingerprint density at radius 1 is 1.44 bits per heavy atom. The normalized spacial score (nSPS) is 21.2. The van der Waals surface area contributed by atoms with Crippen LogP contribution >= 0.6 is 11.6 Å². The number of carboxylic acids is 1. The molecule has 4 heteroatoms. The number of carboxylic acid groups (broad SMARTS) is 1. The summed E-state index contributed by atoms with van der Waals surface area (Å²) in [6, 6.07) is 7.69. The van der Waals surface area contributed by atoms with E-state index in [0.717, 1.165) is 24.5 Å². The van der Waals surface area contributed by atoms with E-state index in [9.17, 15) is 4.79 Å². The maximum atomic E-state index is 10.8. The number of aliphatic carboxylic acids is 1. The first kappa shape index (κ1) is 11.4. The van der Waals surface area contributed by atoms with Crippen molar-refractivity contribution < 1.29 is 9.90 Å². The number of benzene rings is 1. The van der Waals surface area contributed by atoms with Gasteiger partial charge in [-0.05, 0) is 30.7 Å². The summed E-state index contributed by atoms with van der Waals surface area (Å²) >= 11 is 5.80. The van der Waals surface area contributed by atoms with Gasteiger partial charge in [-0.15, -0.1) is 0 Å². The van der Waals surface area contributed by atoms with E-state index in [0.29, 0.717) is 6.54 Å². The summed E-state index contributed by atoms with van der Waals surface area (Å²) in [5, 5.41) is 9.62. The molecule has 1 saturated heterocycles. The first-order valence-corrected chi connectivity index (χ1v) is 5.72. The second-order valence-electron chi connectivity index (χ2n) is 4.19. The average Bonchev–Trinajstić information content (AvgIpc) is 2.70. The minimum absolute atomic E-state index is 0.202. The number of hydrogen-bond donors (Lipinski definition) is 1. The van der Waals surface area contributed by atoms with Crippen molar-refractivity contribution in [3.05, 3.63) is 34.9 Å². The molecule has 0 amide bonds. The van der Waals surface area contributed by atoms with E-state index < -0.39 is 5.97 Å². The number of rotatable bonds is 3. The summed E-state index contributed by atoms with van der Waals surface area (Å²) in [4.78, 5) is 13.0. The van der Waals surface area contributed by atoms with Gasteiger partial charge in [-0.25, -0.2) is 0 Å². The highest BCUT2D eigenvalue weighted by atomic mass is 35.5. The van der Waals surface area contributed by atoms with Gasteiger partial charge in [-0.2, -0.15) is 0 Å². The van der Waals surface area contributed by atoms with Crippen molar-refractivity contribution in [2.75, 3.05) is 13.1 Å². The van der Waals surface area contributed by atoms with Gasteiger partial charge in [0.1, 0.15) is 0 Å². The van der Waals surface area contributed by atoms with Crippen LogP contribution in [0.4, 0.5) is 0 Å². The summed E-state index contributed by atoms with van der Waals surface area (Å²) < 4.78 is 0. The van der Waals surface area contributed by atoms with E-state index in [1.807, 2.05) is 24.3 Å². The third-order valence-corrected chi connectivity index (χ3v) is 3.19. The molecule has 0 aromatic heterocycles. The van der Waals surface area contributed by atoms with E-state index in [1.54, 1.807) is 0 Å². The molecule has 1 N–H and O–H groups in total. The standard InChI is InChI=1S/C12H14ClNO2/c13-11-3-1-9(2-4-11)7-14-6-5-10(8-14)12(15)16/h1-4,10H,5-8H2,(H,15,16)/t10-/m0/s1. The lowest BCUT2D eigenvalue weighted by molar-refractivity contribution is -0.141. The molecule has 2 rings (SSSR count). The molecule has 1 aliphatic rings. The molecule has 0 saturated carbocycles. The quantitative estimate of drug-likeness (QED) is 0.880. The van der Waals surface area contributed by atoms with E-state index in [1.165, 1.54) is 5.56 Å². The van der Waals surface area contributed by atoms with Crippen LogP contribution in [0.5, 0.6) is 0 Å². The zero-order chi connectivity index (χ0) is 11.5. The van der Waals surface area contributed by atoms with Crippen molar-refractivity contribution in [3.63, 3.8) is 0 Å². The van der Waals surface area contributed by atoms with Crippen molar-refractivity contribution in [1.29, 1.82) is 0 Å². The van der Waals surface area contributed by atoms with Gasteiger partial charge in [0.2, 0.25) is 0 Å². The smallest absolute Gasteiger partial charge is 0.307 e. The Morgan fingerprint density at radius 2 is 2.12 bits per heavy atom. The predicted molar refractivity (Wildman–Crippen MR) is 62.5 cm³/mol. The van der Waals surface area contributed by atoms with Gasteiger partial charge in [0.05, 0.1) is 5.92 Å². The van der Waals surface area contributed by atoms with Gasteiger partial charge in [-0.3, -0.25) is 9.69 Å². The topological polar surface area (TPSA) is 40.5 Å². The van der Waals surface area contributed by atoms with Crippen molar-refractivity contribution in [2.24, 2.45) is 5.92 Å². The fraction of sp³-hybridized carbons (Fsp3) is 0.417. The number of likely N-dealkylation sites (tertiary alicyclic amines) is 1. The van der Waals surface area contributed by atoms with E-state index in [4.69, 9.17) is 16.7 Å². The Labute approximate surface area is 99.6 Å². The first-order valence-electron chi connectivity index (χ1n) is 5.35. The monoisotopic (exact) mass is 239 g/mol. The molecule has 1 aromatic carbocycles. The molecule has 1 aromatic rings. The number of nitrogens with zero attached hydrogens (tertiary/aromatic N) is 1. The van der Waals surface area contributed by atoms with E-state index in [-0.39, 0.29) is 5.92 Å². The number of halogens is 1. The number of carbonyl (C=O) groups is 1. The van der Waals surface area contributed by atoms with Crippen LogP contribution in [0, 0.1) is 5.92 Å². The molecule has 0 bridgehead atoms. The molecule has 0 radical (unpaired) electrons. The molecular weight excluding hydrogens is 226 g/mol. The molecule has 1 fully saturated rings. The predicted octanol–water partition coefficient (Wildman–Crippen LogP) is 2.25. The molecule has 1 heterocycles. The van der Waals surface area contributed by atoms with Gasteiger partial charge in [0, 0.05) is 18.1 Å². The zero-order valence-corrected chi connectivity index (χ0v) is 9.65. The van der Waals surface area contributed by atoms with Crippen LogP contribution in [-0.2, 0) is 11.3 Å². The lowest BCUT2D eigenvalue weighted by Gasteiger charge is -2.14. The van der Waals surface area contributed by atoms with Crippen molar-refractivity contribution in [3.8, 4) is 0 Å². The highest BCUT2D eigenvalue weighted by molar-refractivity contribution is 6.30. The van der Waals surface area contributed by atoms with Gasteiger partial charge in [-0.1, -0.05) is 23.7 Å². The van der Waals surface area contributed by atoms with Crippen LogP contribution in [0.15, 0.2) is 24.3 Å². The van der Waals surface area contributed by atoms with Gasteiger partial charge in [0.15, 0.2) is 0 Å². The lowest BCUT2D eigenvalue weighted by Crippen LogP contribution is -2.22. The van der Waals surface area contributed by atoms with Gasteiger partial charge in [0.25, 0.3) is 0 Å². The minimum atomic E-state index is -0.682. The van der Waals surface area contributed by atoms with Gasteiger partial charge < -0.3 is 5.11 Å². The van der Waals surface area contributed by atoms with Crippen LogP contribution in [0.2, 0.25) is 5.02 Å². The van der Waals surface area contributed by atoms with Crippen LogP contribution in [0.1, 0.15) is 12.0 Å². The second-order valence-corrected chi connectivity index (χ2v) is 4.62. The summed E-state index contributed by atoms with van der Waals surface area (Å²) in [5.41, 5.74) is 1.18. The second kappa shape index (κ2) is 4.85. The van der Waals surface area contributed by atoms with Crippen molar-refractivity contribution in [1.82, 2.24) is 4.90 Å². The Hall–Kier alpha value is -1.06. The molecule has 0 unspecified atom stereocenters. The molecule has 0 spiro atoms. The third kappa shape index (κ3) is 2.74. The molecule has 3 nitrogen and oxygen atoms in total. The molecule has 86 valence electrons. The minimum Gasteiger partial charge on any atom is -0.481 e. The molecule has 0 aliphatic carbocycles. The summed E-state index contributed by atoms with van der Waals surface area (Å²) in [7, 11) is 0. The van der Waals surface area contributed by atoms with Crippen LogP contribution in [0.25, 0.3) is 0 Å². The third-order valence-electron chi connectivity index (χ3n) is 2.94. The molecular formula is C12H14ClNO2. The maximum absolute atomic E-state index is 10.8. The van der Waals surface area contributed by atoms with Crippen LogP contribution in [0.3, 0.4) is 0 Å². The van der Waals surface area contributed by atoms with Crippen LogP contribution < -0.4 is 0 Å². The Morgan fingerprint density at radius 3 is 2.69 bits per heavy atom. The summed E-state index contributed by atoms with van der Waals surface area (Å²) in [6.45, 7) is 2.32. The summed E-state index contributed by atoms with van der Waals surface area (Å²) in [6.07, 6.45) is 0.753. The zero-order valence-electron chi connectivity index (χ0n) is 8.90. The van der Waals surface area contributed by atoms with E-state index in [2.05, 4.69) is 4.90 Å². The first-order chi connectivity index (χ1) is 7.65. The number of hydrogen-bond acceptors (Lipinski definition) is 2. The Balaban J connectivity index is 1.92. The molecule has 1 atom stereocenters. The average molecular weight is 240 g/mol. The van der Waals surface area contributed by atoms with Crippen LogP contribution in [-0.4, -0.2) is 29.1 Å². The maximum Gasteiger partial charge on any atom is 0.307 e. The SMILES string of the molecule is O=C(O)[C@H]1CCN(Cc2ccc(Cl)cc2)C1. The highest BCUT2D eigenvalue weighted by Gasteiger charge is 2.27. The van der Waals surface area contributed by atoms with Crippen molar-refractivity contribution in [2.45, 2.75) is 13.0 Å². The molecule has 16 heavy (non-hydrogen) atoms. The lowest BCUT2D eigenvalue weighted by atomic mass is 10.1. The Kier molecular flexibility index (Phi) is 3.46. The molecule has 1 aliphatic heterocycles.